The van der Waals surface area contributed by atoms with Crippen molar-refractivity contribution in [2.45, 2.75) is 20.3 Å². The summed E-state index contributed by atoms with van der Waals surface area (Å²) < 4.78 is 13.7. The Morgan fingerprint density at radius 1 is 1.38 bits per heavy atom. The van der Waals surface area contributed by atoms with Gasteiger partial charge in [-0.05, 0) is 29.5 Å². The molecule has 0 spiro atoms. The second-order valence-corrected chi connectivity index (χ2v) is 4.98. The molecular weight excluding hydrogens is 205 g/mol. The first-order valence-electron chi connectivity index (χ1n) is 5.39. The van der Waals surface area contributed by atoms with E-state index in [2.05, 4.69) is 4.98 Å². The Labute approximate surface area is 94.1 Å². The summed E-state index contributed by atoms with van der Waals surface area (Å²) in [5.41, 5.74) is 1.51. The lowest BCUT2D eigenvalue weighted by Gasteiger charge is -2.20. The molecule has 0 fully saturated rings. The van der Waals surface area contributed by atoms with Gasteiger partial charge in [0.25, 0.3) is 0 Å². The molecule has 0 radical (unpaired) electrons. The number of aromatic nitrogens is 1. The van der Waals surface area contributed by atoms with Crippen LogP contribution in [0.3, 0.4) is 0 Å². The number of nitrogens with one attached hydrogen (secondary N) is 1. The van der Waals surface area contributed by atoms with Gasteiger partial charge in [-0.1, -0.05) is 19.9 Å². The Morgan fingerprint density at radius 2 is 2.12 bits per heavy atom. The topological polar surface area (TPSA) is 36.0 Å². The van der Waals surface area contributed by atoms with Gasteiger partial charge in [0.05, 0.1) is 0 Å². The minimum atomic E-state index is -0.225. The summed E-state index contributed by atoms with van der Waals surface area (Å²) >= 11 is 0. The van der Waals surface area contributed by atoms with Crippen molar-refractivity contribution in [1.82, 2.24) is 4.98 Å². The molecule has 2 rings (SSSR count). The number of fused-ring (bicyclic) bond motifs is 1. The SMILES string of the molecule is CC(C)(CO)Cc1c[nH]c2cccc(F)c12. The lowest BCUT2D eigenvalue weighted by atomic mass is 9.86. The summed E-state index contributed by atoms with van der Waals surface area (Å²) in [6, 6.07) is 5.01. The van der Waals surface area contributed by atoms with E-state index in [1.807, 2.05) is 26.1 Å². The fourth-order valence-electron chi connectivity index (χ4n) is 1.92. The van der Waals surface area contributed by atoms with Gasteiger partial charge < -0.3 is 10.1 Å². The fraction of sp³-hybridized carbons (Fsp3) is 0.385. The van der Waals surface area contributed by atoms with Gasteiger partial charge in [0, 0.05) is 23.7 Å². The molecule has 16 heavy (non-hydrogen) atoms. The minimum Gasteiger partial charge on any atom is -0.396 e. The van der Waals surface area contributed by atoms with E-state index in [9.17, 15) is 9.50 Å². The summed E-state index contributed by atoms with van der Waals surface area (Å²) in [6.07, 6.45) is 2.48. The van der Waals surface area contributed by atoms with Crippen molar-refractivity contribution in [3.63, 3.8) is 0 Å². The van der Waals surface area contributed by atoms with Gasteiger partial charge in [-0.15, -0.1) is 0 Å². The molecule has 0 saturated heterocycles. The van der Waals surface area contributed by atoms with Crippen LogP contribution < -0.4 is 0 Å². The normalized spacial score (nSPS) is 12.2. The molecular formula is C13H16FNO. The van der Waals surface area contributed by atoms with Gasteiger partial charge in [0.15, 0.2) is 0 Å². The predicted molar refractivity (Wildman–Crippen MR) is 62.8 cm³/mol. The fourth-order valence-corrected chi connectivity index (χ4v) is 1.92. The van der Waals surface area contributed by atoms with E-state index in [1.165, 1.54) is 6.07 Å². The number of benzene rings is 1. The van der Waals surface area contributed by atoms with Crippen LogP contribution in [0, 0.1) is 11.2 Å². The lowest BCUT2D eigenvalue weighted by Crippen LogP contribution is -2.19. The number of hydrogen-bond donors (Lipinski definition) is 2. The summed E-state index contributed by atoms with van der Waals surface area (Å²) in [5, 5.41) is 9.87. The van der Waals surface area contributed by atoms with Crippen LogP contribution in [-0.4, -0.2) is 16.7 Å². The molecule has 86 valence electrons. The Kier molecular flexibility index (Phi) is 2.72. The van der Waals surface area contributed by atoms with Crippen molar-refractivity contribution < 1.29 is 9.50 Å². The molecule has 1 aromatic carbocycles. The van der Waals surface area contributed by atoms with Gasteiger partial charge in [-0.2, -0.15) is 0 Å². The first kappa shape index (κ1) is 11.1. The molecule has 0 amide bonds. The molecule has 0 atom stereocenters. The zero-order valence-electron chi connectivity index (χ0n) is 9.55. The molecule has 0 saturated carbocycles. The molecule has 0 unspecified atom stereocenters. The van der Waals surface area contributed by atoms with Crippen LogP contribution in [-0.2, 0) is 6.42 Å². The number of rotatable bonds is 3. The monoisotopic (exact) mass is 221 g/mol. The number of H-pyrrole nitrogens is 1. The molecule has 2 aromatic rings. The highest BCUT2D eigenvalue weighted by Gasteiger charge is 2.20. The summed E-state index contributed by atoms with van der Waals surface area (Å²) in [7, 11) is 0. The quantitative estimate of drug-likeness (QED) is 0.821. The third-order valence-electron chi connectivity index (χ3n) is 2.83. The van der Waals surface area contributed by atoms with E-state index in [0.29, 0.717) is 11.8 Å². The molecule has 1 aromatic heterocycles. The third kappa shape index (κ3) is 1.95. The minimum absolute atomic E-state index is 0.0914. The van der Waals surface area contributed by atoms with E-state index in [4.69, 9.17) is 0 Å². The van der Waals surface area contributed by atoms with Crippen molar-refractivity contribution in [3.8, 4) is 0 Å². The molecule has 0 aliphatic carbocycles. The Hall–Kier alpha value is -1.35. The van der Waals surface area contributed by atoms with Gasteiger partial charge in [0.1, 0.15) is 5.82 Å². The zero-order chi connectivity index (χ0) is 11.8. The smallest absolute Gasteiger partial charge is 0.132 e. The van der Waals surface area contributed by atoms with Crippen molar-refractivity contribution in [2.75, 3.05) is 6.61 Å². The van der Waals surface area contributed by atoms with Crippen LogP contribution in [0.25, 0.3) is 10.9 Å². The van der Waals surface area contributed by atoms with Crippen molar-refractivity contribution in [3.05, 3.63) is 35.8 Å². The van der Waals surface area contributed by atoms with Crippen LogP contribution in [0.1, 0.15) is 19.4 Å². The summed E-state index contributed by atoms with van der Waals surface area (Å²) in [4.78, 5) is 3.05. The van der Waals surface area contributed by atoms with Crippen LogP contribution in [0.2, 0.25) is 0 Å². The maximum atomic E-state index is 13.7. The summed E-state index contributed by atoms with van der Waals surface area (Å²) in [6.45, 7) is 4.02. The number of halogens is 1. The van der Waals surface area contributed by atoms with Gasteiger partial charge >= 0.3 is 0 Å². The van der Waals surface area contributed by atoms with Gasteiger partial charge in [-0.25, -0.2) is 4.39 Å². The van der Waals surface area contributed by atoms with E-state index in [1.54, 1.807) is 6.07 Å². The van der Waals surface area contributed by atoms with E-state index in [0.717, 1.165) is 11.1 Å². The maximum Gasteiger partial charge on any atom is 0.132 e. The highest BCUT2D eigenvalue weighted by molar-refractivity contribution is 5.83. The van der Waals surface area contributed by atoms with E-state index < -0.39 is 0 Å². The standard InChI is InChI=1S/C13H16FNO/c1-13(2,8-16)6-9-7-15-11-5-3-4-10(14)12(9)11/h3-5,7,15-16H,6,8H2,1-2H3. The molecule has 0 aliphatic heterocycles. The predicted octanol–water partition coefficient (Wildman–Crippen LogP) is 2.87. The average molecular weight is 221 g/mol. The Morgan fingerprint density at radius 3 is 2.81 bits per heavy atom. The lowest BCUT2D eigenvalue weighted by molar-refractivity contribution is 0.160. The van der Waals surface area contributed by atoms with Gasteiger partial charge in [-0.3, -0.25) is 0 Å². The van der Waals surface area contributed by atoms with Crippen LogP contribution >= 0.6 is 0 Å². The van der Waals surface area contributed by atoms with Crippen LogP contribution in [0.5, 0.6) is 0 Å². The summed E-state index contributed by atoms with van der Waals surface area (Å²) in [5.74, 6) is -0.206. The Balaban J connectivity index is 2.46. The van der Waals surface area contributed by atoms with Crippen LogP contribution in [0.15, 0.2) is 24.4 Å². The largest absolute Gasteiger partial charge is 0.396 e. The maximum absolute atomic E-state index is 13.7. The molecule has 3 heteroatoms. The first-order chi connectivity index (χ1) is 7.53. The van der Waals surface area contributed by atoms with E-state index in [-0.39, 0.29) is 17.8 Å². The number of aliphatic hydroxyl groups is 1. The average Bonchev–Trinajstić information content (AvgIpc) is 2.62. The molecule has 0 bridgehead atoms. The zero-order valence-corrected chi connectivity index (χ0v) is 9.55. The second kappa shape index (κ2) is 3.91. The Bertz CT molecular complexity index is 502. The molecule has 2 nitrogen and oxygen atoms in total. The van der Waals surface area contributed by atoms with Crippen molar-refractivity contribution >= 4 is 10.9 Å². The van der Waals surface area contributed by atoms with Gasteiger partial charge in [0.2, 0.25) is 0 Å². The molecule has 0 aliphatic rings. The van der Waals surface area contributed by atoms with Crippen molar-refractivity contribution in [2.24, 2.45) is 5.41 Å². The number of aliphatic hydroxyl groups excluding tert-OH is 1. The van der Waals surface area contributed by atoms with E-state index >= 15 is 0 Å². The number of hydrogen-bond acceptors (Lipinski definition) is 1. The molecule has 1 heterocycles. The highest BCUT2D eigenvalue weighted by Crippen LogP contribution is 2.28. The van der Waals surface area contributed by atoms with Crippen molar-refractivity contribution in [1.29, 1.82) is 0 Å². The molecule has 2 N–H and O–H groups in total. The van der Waals surface area contributed by atoms with Crippen LogP contribution in [0.4, 0.5) is 4.39 Å². The second-order valence-electron chi connectivity index (χ2n) is 4.98. The number of aromatic amines is 1. The first-order valence-corrected chi connectivity index (χ1v) is 5.39. The highest BCUT2D eigenvalue weighted by atomic mass is 19.1. The third-order valence-corrected chi connectivity index (χ3v) is 2.83.